The van der Waals surface area contributed by atoms with Crippen molar-refractivity contribution in [2.24, 2.45) is 0 Å². The fraction of sp³-hybridized carbons (Fsp3) is 0.476. The zero-order chi connectivity index (χ0) is 21.8. The van der Waals surface area contributed by atoms with Crippen molar-refractivity contribution in [2.75, 3.05) is 6.26 Å². The summed E-state index contributed by atoms with van der Waals surface area (Å²) in [5.74, 6) is 3.01. The summed E-state index contributed by atoms with van der Waals surface area (Å²) in [6, 6.07) is 7.61. The Morgan fingerprint density at radius 2 is 1.81 bits per heavy atom. The fourth-order valence-electron chi connectivity index (χ4n) is 4.72. The van der Waals surface area contributed by atoms with Gasteiger partial charge in [0.15, 0.2) is 5.82 Å². The highest BCUT2D eigenvalue weighted by Gasteiger charge is 2.33. The molecule has 164 valence electrons. The Balaban J connectivity index is 1.49. The SMILES string of the molecule is Cc1cc(C2CCC(c3nnc4n3-c3ccc(Cl)cc3CN(S(C)(=O)=O)C4)CC2)no1. The van der Waals surface area contributed by atoms with Crippen LogP contribution < -0.4 is 0 Å². The van der Waals surface area contributed by atoms with Crippen LogP contribution in [-0.2, 0) is 23.1 Å². The minimum Gasteiger partial charge on any atom is -0.361 e. The molecule has 10 heteroatoms. The van der Waals surface area contributed by atoms with Crippen LogP contribution in [0.5, 0.6) is 0 Å². The smallest absolute Gasteiger partial charge is 0.211 e. The quantitative estimate of drug-likeness (QED) is 0.586. The Kier molecular flexibility index (Phi) is 5.15. The molecular weight excluding hydrogens is 438 g/mol. The van der Waals surface area contributed by atoms with E-state index >= 15 is 0 Å². The molecule has 0 amide bonds. The topological polar surface area (TPSA) is 94.1 Å². The van der Waals surface area contributed by atoms with Gasteiger partial charge in [0, 0.05) is 29.5 Å². The zero-order valence-corrected chi connectivity index (χ0v) is 19.0. The number of halogens is 1. The van der Waals surface area contributed by atoms with Crippen molar-refractivity contribution >= 4 is 21.6 Å². The van der Waals surface area contributed by atoms with Crippen molar-refractivity contribution in [3.8, 4) is 5.69 Å². The number of rotatable bonds is 3. The summed E-state index contributed by atoms with van der Waals surface area (Å²) in [7, 11) is -3.41. The van der Waals surface area contributed by atoms with Gasteiger partial charge in [0.2, 0.25) is 10.0 Å². The lowest BCUT2D eigenvalue weighted by Gasteiger charge is -2.27. The molecule has 3 aromatic rings. The van der Waals surface area contributed by atoms with Gasteiger partial charge in [0.1, 0.15) is 11.6 Å². The maximum absolute atomic E-state index is 12.3. The molecule has 2 aromatic heterocycles. The van der Waals surface area contributed by atoms with E-state index in [9.17, 15) is 8.42 Å². The monoisotopic (exact) mass is 461 g/mol. The second-order valence-electron chi connectivity index (χ2n) is 8.52. The van der Waals surface area contributed by atoms with Gasteiger partial charge in [-0.1, -0.05) is 16.8 Å². The predicted molar refractivity (Wildman–Crippen MR) is 116 cm³/mol. The molecule has 1 aliphatic heterocycles. The number of aryl methyl sites for hydroxylation is 1. The van der Waals surface area contributed by atoms with Gasteiger partial charge in [-0.05, 0) is 56.4 Å². The van der Waals surface area contributed by atoms with E-state index < -0.39 is 10.0 Å². The lowest BCUT2D eigenvalue weighted by atomic mass is 9.80. The molecule has 2 aliphatic rings. The summed E-state index contributed by atoms with van der Waals surface area (Å²) in [5, 5.41) is 13.7. The van der Waals surface area contributed by atoms with Crippen LogP contribution in [-0.4, -0.2) is 38.9 Å². The molecule has 0 atom stereocenters. The highest BCUT2D eigenvalue weighted by molar-refractivity contribution is 7.88. The Hall–Kier alpha value is -2.23. The third kappa shape index (κ3) is 3.90. The molecule has 8 nitrogen and oxygen atoms in total. The fourth-order valence-corrected chi connectivity index (χ4v) is 5.64. The second kappa shape index (κ2) is 7.72. The number of hydrogen-bond acceptors (Lipinski definition) is 6. The van der Waals surface area contributed by atoms with Crippen LogP contribution >= 0.6 is 11.6 Å². The maximum Gasteiger partial charge on any atom is 0.211 e. The molecule has 0 unspecified atom stereocenters. The van der Waals surface area contributed by atoms with E-state index in [2.05, 4.69) is 15.4 Å². The molecule has 0 radical (unpaired) electrons. The second-order valence-corrected chi connectivity index (χ2v) is 10.9. The van der Waals surface area contributed by atoms with E-state index in [0.29, 0.717) is 16.8 Å². The summed E-state index contributed by atoms with van der Waals surface area (Å²) in [6.07, 6.45) is 5.15. The van der Waals surface area contributed by atoms with Crippen LogP contribution in [0.25, 0.3) is 5.69 Å². The zero-order valence-electron chi connectivity index (χ0n) is 17.5. The molecule has 1 aromatic carbocycles. The number of fused-ring (bicyclic) bond motifs is 3. The molecule has 5 rings (SSSR count). The molecule has 1 fully saturated rings. The summed E-state index contributed by atoms with van der Waals surface area (Å²) in [6.45, 7) is 2.36. The third-order valence-corrected chi connectivity index (χ3v) is 7.76. The third-order valence-electron chi connectivity index (χ3n) is 6.33. The highest BCUT2D eigenvalue weighted by atomic mass is 35.5. The predicted octanol–water partition coefficient (Wildman–Crippen LogP) is 3.93. The van der Waals surface area contributed by atoms with Crippen LogP contribution in [0.4, 0.5) is 0 Å². The van der Waals surface area contributed by atoms with Gasteiger partial charge in [0.25, 0.3) is 0 Å². The molecule has 31 heavy (non-hydrogen) atoms. The van der Waals surface area contributed by atoms with E-state index in [1.54, 1.807) is 0 Å². The summed E-state index contributed by atoms with van der Waals surface area (Å²) >= 11 is 6.24. The number of hydrogen-bond donors (Lipinski definition) is 0. The van der Waals surface area contributed by atoms with Gasteiger partial charge in [0.05, 0.1) is 24.2 Å². The van der Waals surface area contributed by atoms with E-state index in [4.69, 9.17) is 16.1 Å². The average Bonchev–Trinajstić information content (AvgIpc) is 3.30. The van der Waals surface area contributed by atoms with E-state index in [1.165, 1.54) is 10.6 Å². The summed E-state index contributed by atoms with van der Waals surface area (Å²) in [5.41, 5.74) is 2.78. The van der Waals surface area contributed by atoms with E-state index in [1.807, 2.05) is 35.8 Å². The van der Waals surface area contributed by atoms with Crippen molar-refractivity contribution < 1.29 is 12.9 Å². The Morgan fingerprint density at radius 3 is 2.48 bits per heavy atom. The molecular formula is C21H24ClN5O3S. The van der Waals surface area contributed by atoms with Gasteiger partial charge in [-0.3, -0.25) is 4.57 Å². The van der Waals surface area contributed by atoms with Crippen molar-refractivity contribution in [2.45, 2.75) is 57.5 Å². The molecule has 0 spiro atoms. The van der Waals surface area contributed by atoms with E-state index in [-0.39, 0.29) is 19.0 Å². The first-order chi connectivity index (χ1) is 14.8. The normalized spacial score (nSPS) is 22.0. The molecule has 3 heterocycles. The Bertz CT molecular complexity index is 1230. The molecule has 1 saturated carbocycles. The maximum atomic E-state index is 12.3. The lowest BCUT2D eigenvalue weighted by Crippen LogP contribution is -2.28. The number of benzene rings is 1. The van der Waals surface area contributed by atoms with Crippen LogP contribution in [0, 0.1) is 6.92 Å². The van der Waals surface area contributed by atoms with Crippen molar-refractivity contribution in [1.29, 1.82) is 0 Å². The lowest BCUT2D eigenvalue weighted by molar-refractivity contribution is 0.347. The van der Waals surface area contributed by atoms with Crippen LogP contribution in [0.1, 0.15) is 66.2 Å². The number of sulfonamides is 1. The van der Waals surface area contributed by atoms with Gasteiger partial charge in [-0.15, -0.1) is 10.2 Å². The first-order valence-corrected chi connectivity index (χ1v) is 12.6. The standard InChI is InChI=1S/C21H24ClN5O3S/c1-13-9-18(25-30-13)14-3-5-15(6-4-14)21-24-23-20-12-26(31(2,28)29)11-16-10-17(22)7-8-19(16)27(20)21/h7-10,14-15H,3-6,11-12H2,1-2H3. The minimum absolute atomic E-state index is 0.186. The minimum atomic E-state index is -3.41. The molecule has 1 aliphatic carbocycles. The van der Waals surface area contributed by atoms with Crippen molar-refractivity contribution in [1.82, 2.24) is 24.2 Å². The van der Waals surface area contributed by atoms with Crippen LogP contribution in [0.2, 0.25) is 5.02 Å². The Labute approximate surface area is 186 Å². The average molecular weight is 462 g/mol. The molecule has 0 saturated heterocycles. The van der Waals surface area contributed by atoms with Crippen LogP contribution in [0.3, 0.4) is 0 Å². The van der Waals surface area contributed by atoms with Gasteiger partial charge in [-0.2, -0.15) is 4.31 Å². The molecule has 0 N–H and O–H groups in total. The Morgan fingerprint density at radius 1 is 1.06 bits per heavy atom. The highest BCUT2D eigenvalue weighted by Crippen LogP contribution is 2.41. The summed E-state index contributed by atoms with van der Waals surface area (Å²) in [4.78, 5) is 0. The van der Waals surface area contributed by atoms with Gasteiger partial charge in [-0.25, -0.2) is 8.42 Å². The van der Waals surface area contributed by atoms with Crippen LogP contribution in [0.15, 0.2) is 28.8 Å². The summed E-state index contributed by atoms with van der Waals surface area (Å²) < 4.78 is 33.4. The van der Waals surface area contributed by atoms with Gasteiger partial charge >= 0.3 is 0 Å². The van der Waals surface area contributed by atoms with Crippen molar-refractivity contribution in [3.63, 3.8) is 0 Å². The largest absolute Gasteiger partial charge is 0.361 e. The van der Waals surface area contributed by atoms with E-state index in [0.717, 1.165) is 54.2 Å². The molecule has 0 bridgehead atoms. The number of nitrogens with zero attached hydrogens (tertiary/aromatic N) is 5. The number of aromatic nitrogens is 4. The van der Waals surface area contributed by atoms with Gasteiger partial charge < -0.3 is 4.52 Å². The first-order valence-electron chi connectivity index (χ1n) is 10.4. The first kappa shape index (κ1) is 20.7. The van der Waals surface area contributed by atoms with Crippen molar-refractivity contribution in [3.05, 3.63) is 58.0 Å².